The van der Waals surface area contributed by atoms with E-state index in [-0.39, 0.29) is 23.3 Å². The zero-order valence-corrected chi connectivity index (χ0v) is 11.6. The average Bonchev–Trinajstić information content (AvgIpc) is 2.96. The van der Waals surface area contributed by atoms with E-state index in [1.54, 1.807) is 4.90 Å². The number of hydrogen-bond donors (Lipinski definition) is 1. The largest absolute Gasteiger partial charge is 0.351 e. The minimum absolute atomic E-state index is 0.0646. The smallest absolute Gasteiger partial charge is 0.287 e. The summed E-state index contributed by atoms with van der Waals surface area (Å²) in [4.78, 5) is 27.3. The Balaban J connectivity index is 1.98. The molecule has 0 unspecified atom stereocenters. The highest BCUT2D eigenvalue weighted by atomic mass is 16.6. The molecule has 1 aromatic carbocycles. The first-order valence-electron chi connectivity index (χ1n) is 6.82. The molecule has 1 aromatic heterocycles. The molecular weight excluding hydrogens is 270 g/mol. The minimum Gasteiger partial charge on any atom is -0.351 e. The van der Waals surface area contributed by atoms with Gasteiger partial charge in [0.1, 0.15) is 5.69 Å². The molecule has 108 valence electrons. The lowest BCUT2D eigenvalue weighted by molar-refractivity contribution is -0.384. The van der Waals surface area contributed by atoms with Gasteiger partial charge in [0.15, 0.2) is 0 Å². The number of aryl methyl sites for hydroxylation is 1. The average molecular weight is 285 g/mol. The monoisotopic (exact) mass is 285 g/mol. The number of anilines is 1. The topological polar surface area (TPSA) is 79.2 Å². The SMILES string of the molecule is C[C@H]1CCc2ccccc2N1C(=O)c1cc([N+](=O)[O-])c[nH]1. The van der Waals surface area contributed by atoms with E-state index in [1.807, 2.05) is 31.2 Å². The van der Waals surface area contributed by atoms with Crippen LogP contribution in [0.4, 0.5) is 11.4 Å². The Morgan fingerprint density at radius 2 is 2.19 bits per heavy atom. The van der Waals surface area contributed by atoms with Crippen LogP contribution in [0.2, 0.25) is 0 Å². The number of hydrogen-bond acceptors (Lipinski definition) is 3. The van der Waals surface area contributed by atoms with Gasteiger partial charge in [-0.15, -0.1) is 0 Å². The third-order valence-electron chi connectivity index (χ3n) is 3.85. The van der Waals surface area contributed by atoms with Gasteiger partial charge in [0.2, 0.25) is 0 Å². The Morgan fingerprint density at radius 1 is 1.43 bits per heavy atom. The lowest BCUT2D eigenvalue weighted by Crippen LogP contribution is -2.42. The summed E-state index contributed by atoms with van der Waals surface area (Å²) in [7, 11) is 0. The molecule has 0 aliphatic carbocycles. The fourth-order valence-electron chi connectivity index (χ4n) is 2.74. The number of nitro groups is 1. The first kappa shape index (κ1) is 13.4. The third-order valence-corrected chi connectivity index (χ3v) is 3.85. The van der Waals surface area contributed by atoms with Gasteiger partial charge in [0, 0.05) is 17.8 Å². The number of fused-ring (bicyclic) bond motifs is 1. The minimum atomic E-state index is -0.513. The molecule has 1 N–H and O–H groups in total. The second-order valence-corrected chi connectivity index (χ2v) is 5.22. The van der Waals surface area contributed by atoms with Gasteiger partial charge >= 0.3 is 0 Å². The van der Waals surface area contributed by atoms with Crippen molar-refractivity contribution in [1.29, 1.82) is 0 Å². The van der Waals surface area contributed by atoms with Crippen LogP contribution in [0, 0.1) is 10.1 Å². The molecule has 6 heteroatoms. The third kappa shape index (κ3) is 2.29. The second kappa shape index (κ2) is 5.05. The van der Waals surface area contributed by atoms with Crippen molar-refractivity contribution in [2.24, 2.45) is 0 Å². The first-order valence-corrected chi connectivity index (χ1v) is 6.82. The van der Waals surface area contributed by atoms with Crippen LogP contribution in [0.15, 0.2) is 36.5 Å². The normalized spacial score (nSPS) is 17.4. The number of nitrogens with zero attached hydrogens (tertiary/aromatic N) is 2. The number of carbonyl (C=O) groups is 1. The van der Waals surface area contributed by atoms with Gasteiger partial charge < -0.3 is 9.88 Å². The second-order valence-electron chi connectivity index (χ2n) is 5.22. The molecule has 0 spiro atoms. The van der Waals surface area contributed by atoms with Crippen LogP contribution in [0.5, 0.6) is 0 Å². The van der Waals surface area contributed by atoms with E-state index in [0.717, 1.165) is 24.1 Å². The predicted molar refractivity (Wildman–Crippen MR) is 78.5 cm³/mol. The van der Waals surface area contributed by atoms with Crippen molar-refractivity contribution in [2.75, 3.05) is 4.90 Å². The van der Waals surface area contributed by atoms with E-state index in [2.05, 4.69) is 4.98 Å². The number of para-hydroxylation sites is 1. The van der Waals surface area contributed by atoms with E-state index in [9.17, 15) is 14.9 Å². The molecule has 0 saturated heterocycles. The van der Waals surface area contributed by atoms with Gasteiger partial charge in [-0.2, -0.15) is 0 Å². The first-order chi connectivity index (χ1) is 10.1. The molecule has 1 aliphatic rings. The molecule has 0 radical (unpaired) electrons. The lowest BCUT2D eigenvalue weighted by Gasteiger charge is -2.35. The fraction of sp³-hybridized carbons (Fsp3) is 0.267. The van der Waals surface area contributed by atoms with Gasteiger partial charge in [0.05, 0.1) is 11.1 Å². The number of nitrogens with one attached hydrogen (secondary N) is 1. The molecule has 2 aromatic rings. The van der Waals surface area contributed by atoms with Gasteiger partial charge in [-0.25, -0.2) is 0 Å². The van der Waals surface area contributed by atoms with E-state index >= 15 is 0 Å². The van der Waals surface area contributed by atoms with Gasteiger partial charge in [-0.3, -0.25) is 14.9 Å². The standard InChI is InChI=1S/C15H15N3O3/c1-10-6-7-11-4-2-3-5-14(11)17(10)15(19)13-8-12(9-16-13)18(20)21/h2-5,8-10,16H,6-7H2,1H3/t10-/m0/s1. The van der Waals surface area contributed by atoms with Crippen molar-refractivity contribution in [1.82, 2.24) is 4.98 Å². The molecule has 0 fully saturated rings. The Morgan fingerprint density at radius 3 is 2.90 bits per heavy atom. The summed E-state index contributed by atoms with van der Waals surface area (Å²) < 4.78 is 0. The molecule has 1 amide bonds. The fourth-order valence-corrected chi connectivity index (χ4v) is 2.74. The van der Waals surface area contributed by atoms with Crippen LogP contribution in [-0.2, 0) is 6.42 Å². The number of rotatable bonds is 2. The lowest BCUT2D eigenvalue weighted by atomic mass is 9.96. The van der Waals surface area contributed by atoms with Crippen LogP contribution >= 0.6 is 0 Å². The van der Waals surface area contributed by atoms with Crippen molar-refractivity contribution < 1.29 is 9.72 Å². The molecule has 21 heavy (non-hydrogen) atoms. The van der Waals surface area contributed by atoms with Gasteiger partial charge in [0.25, 0.3) is 11.6 Å². The summed E-state index contributed by atoms with van der Waals surface area (Å²) in [6.45, 7) is 1.99. The number of aromatic amines is 1. The van der Waals surface area contributed by atoms with Crippen molar-refractivity contribution >= 4 is 17.3 Å². The van der Waals surface area contributed by atoms with E-state index in [0.29, 0.717) is 0 Å². The summed E-state index contributed by atoms with van der Waals surface area (Å²) in [6.07, 6.45) is 3.06. The van der Waals surface area contributed by atoms with E-state index in [4.69, 9.17) is 0 Å². The van der Waals surface area contributed by atoms with Crippen LogP contribution in [-0.4, -0.2) is 21.9 Å². The Labute approximate surface area is 121 Å². The van der Waals surface area contributed by atoms with Crippen molar-refractivity contribution in [3.05, 3.63) is 57.9 Å². The molecule has 1 aliphatic heterocycles. The van der Waals surface area contributed by atoms with Gasteiger partial charge in [-0.1, -0.05) is 18.2 Å². The number of carbonyl (C=O) groups excluding carboxylic acids is 1. The molecular formula is C15H15N3O3. The summed E-state index contributed by atoms with van der Waals surface area (Å²) in [5, 5.41) is 10.7. The van der Waals surface area contributed by atoms with E-state index < -0.39 is 4.92 Å². The summed E-state index contributed by atoms with van der Waals surface area (Å²) in [5.74, 6) is -0.234. The highest BCUT2D eigenvalue weighted by Gasteiger charge is 2.30. The highest BCUT2D eigenvalue weighted by Crippen LogP contribution is 2.31. The summed E-state index contributed by atoms with van der Waals surface area (Å²) >= 11 is 0. The van der Waals surface area contributed by atoms with Crippen LogP contribution in [0.25, 0.3) is 0 Å². The Kier molecular flexibility index (Phi) is 3.21. The summed E-state index contributed by atoms with van der Waals surface area (Å²) in [5.41, 5.74) is 2.16. The maximum absolute atomic E-state index is 12.7. The molecule has 6 nitrogen and oxygen atoms in total. The zero-order valence-electron chi connectivity index (χ0n) is 11.6. The molecule has 1 atom stereocenters. The van der Waals surface area contributed by atoms with Crippen LogP contribution in [0.3, 0.4) is 0 Å². The van der Waals surface area contributed by atoms with Crippen molar-refractivity contribution in [3.8, 4) is 0 Å². The summed E-state index contributed by atoms with van der Waals surface area (Å²) in [6, 6.07) is 9.13. The number of aromatic nitrogens is 1. The van der Waals surface area contributed by atoms with E-state index in [1.165, 1.54) is 12.3 Å². The highest BCUT2D eigenvalue weighted by molar-refractivity contribution is 6.06. The number of amides is 1. The molecule has 2 heterocycles. The van der Waals surface area contributed by atoms with Crippen LogP contribution < -0.4 is 4.90 Å². The molecule has 3 rings (SSSR count). The zero-order chi connectivity index (χ0) is 15.0. The number of benzene rings is 1. The maximum Gasteiger partial charge on any atom is 0.287 e. The quantitative estimate of drug-likeness (QED) is 0.680. The van der Waals surface area contributed by atoms with Crippen molar-refractivity contribution in [3.63, 3.8) is 0 Å². The molecule has 0 saturated carbocycles. The molecule has 0 bridgehead atoms. The van der Waals surface area contributed by atoms with Gasteiger partial charge in [-0.05, 0) is 31.4 Å². The van der Waals surface area contributed by atoms with Crippen LogP contribution in [0.1, 0.15) is 29.4 Å². The maximum atomic E-state index is 12.7. The number of H-pyrrole nitrogens is 1. The Bertz CT molecular complexity index is 708. The Hall–Kier alpha value is -2.63. The predicted octanol–water partition coefficient (Wildman–Crippen LogP) is 2.90. The van der Waals surface area contributed by atoms with Crippen molar-refractivity contribution in [2.45, 2.75) is 25.8 Å².